The van der Waals surface area contributed by atoms with Crippen LogP contribution in [0, 0.1) is 11.2 Å². The van der Waals surface area contributed by atoms with Crippen molar-refractivity contribution in [2.45, 2.75) is 26.3 Å². The van der Waals surface area contributed by atoms with Gasteiger partial charge in [0.15, 0.2) is 17.4 Å². The lowest BCUT2D eigenvalue weighted by molar-refractivity contribution is -0.139. The van der Waals surface area contributed by atoms with Crippen LogP contribution in [0.1, 0.15) is 25.3 Å². The van der Waals surface area contributed by atoms with Gasteiger partial charge in [0, 0.05) is 11.6 Å². The molecule has 10 heteroatoms. The van der Waals surface area contributed by atoms with E-state index in [0.717, 1.165) is 12.8 Å². The number of halogens is 1. The van der Waals surface area contributed by atoms with Crippen molar-refractivity contribution in [2.75, 3.05) is 5.73 Å². The van der Waals surface area contributed by atoms with Crippen molar-refractivity contribution in [3.63, 3.8) is 0 Å². The molecule has 3 aromatic heterocycles. The molecule has 9 nitrogen and oxygen atoms in total. The number of esters is 1. The van der Waals surface area contributed by atoms with E-state index in [9.17, 15) is 9.18 Å². The quantitative estimate of drug-likeness (QED) is 0.458. The van der Waals surface area contributed by atoms with E-state index in [1.54, 1.807) is 35.0 Å². The predicted octanol–water partition coefficient (Wildman–Crippen LogP) is 3.47. The van der Waals surface area contributed by atoms with Crippen LogP contribution in [0.15, 0.2) is 53.4 Å². The van der Waals surface area contributed by atoms with Crippen molar-refractivity contribution >= 4 is 11.8 Å². The maximum atomic E-state index is 14.2. The third-order valence-electron chi connectivity index (χ3n) is 5.47. The van der Waals surface area contributed by atoms with Gasteiger partial charge < -0.3 is 15.0 Å². The molecule has 0 saturated heterocycles. The maximum absolute atomic E-state index is 14.2. The molecule has 0 atom stereocenters. The lowest BCUT2D eigenvalue weighted by Crippen LogP contribution is -2.19. The molecule has 1 aromatic carbocycles. The second-order valence-corrected chi connectivity index (χ2v) is 7.94. The van der Waals surface area contributed by atoms with Crippen LogP contribution in [0.25, 0.3) is 22.9 Å². The standard InChI is InChI=1S/C22H19FN6O3/c1-22(7-8-22)21(30)32-18-11-25-20(26-19(18)24)16-10-17(15-6-9-31-28-15)29(27-16)12-13-4-2-3-5-14(13)23/h2-6,9-11H,7-8,12H2,1H3,(H2,24,25,26). The van der Waals surface area contributed by atoms with Gasteiger partial charge in [0.25, 0.3) is 0 Å². The summed E-state index contributed by atoms with van der Waals surface area (Å²) in [6, 6.07) is 9.84. The minimum atomic E-state index is -0.455. The zero-order valence-corrected chi connectivity index (χ0v) is 17.2. The third-order valence-corrected chi connectivity index (χ3v) is 5.47. The average molecular weight is 434 g/mol. The van der Waals surface area contributed by atoms with Crippen LogP contribution in [0.4, 0.5) is 10.2 Å². The first kappa shape index (κ1) is 19.9. The van der Waals surface area contributed by atoms with Crippen LogP contribution in [-0.2, 0) is 11.3 Å². The third kappa shape index (κ3) is 3.70. The number of hydrogen-bond acceptors (Lipinski definition) is 8. The van der Waals surface area contributed by atoms with E-state index in [4.69, 9.17) is 15.0 Å². The number of anilines is 1. The maximum Gasteiger partial charge on any atom is 0.317 e. The predicted molar refractivity (Wildman–Crippen MR) is 112 cm³/mol. The molecule has 1 saturated carbocycles. The number of nitrogens with zero attached hydrogens (tertiary/aromatic N) is 5. The fraction of sp³-hybridized carbons (Fsp3) is 0.227. The summed E-state index contributed by atoms with van der Waals surface area (Å²) in [5.41, 5.74) is 7.54. The highest BCUT2D eigenvalue weighted by Crippen LogP contribution is 2.46. The fourth-order valence-electron chi connectivity index (χ4n) is 3.19. The number of carbonyl (C=O) groups is 1. The first-order valence-corrected chi connectivity index (χ1v) is 10.0. The Morgan fingerprint density at radius 1 is 1.28 bits per heavy atom. The molecule has 0 radical (unpaired) electrons. The lowest BCUT2D eigenvalue weighted by atomic mass is 10.1. The largest absolute Gasteiger partial charge is 0.420 e. The minimum absolute atomic E-state index is 0.0271. The number of nitrogens with two attached hydrogens (primary N) is 1. The Morgan fingerprint density at radius 2 is 2.09 bits per heavy atom. The molecule has 2 N–H and O–H groups in total. The van der Waals surface area contributed by atoms with Crippen molar-refractivity contribution in [3.8, 4) is 28.7 Å². The second kappa shape index (κ2) is 7.56. The second-order valence-electron chi connectivity index (χ2n) is 7.94. The van der Waals surface area contributed by atoms with E-state index < -0.39 is 5.41 Å². The van der Waals surface area contributed by atoms with Crippen LogP contribution in [0.2, 0.25) is 0 Å². The Bertz CT molecular complexity index is 1300. The Labute approximate surface area is 182 Å². The highest BCUT2D eigenvalue weighted by molar-refractivity contribution is 5.82. The fourth-order valence-corrected chi connectivity index (χ4v) is 3.19. The van der Waals surface area contributed by atoms with Gasteiger partial charge in [0.2, 0.25) is 0 Å². The number of benzene rings is 1. The zero-order valence-electron chi connectivity index (χ0n) is 17.2. The SMILES string of the molecule is CC1(C(=O)Oc2cnc(-c3cc(-c4ccon4)n(Cc4ccccc4F)n3)nc2N)CC1. The number of aromatic nitrogens is 5. The summed E-state index contributed by atoms with van der Waals surface area (Å²) in [4.78, 5) is 20.7. The van der Waals surface area contributed by atoms with E-state index in [0.29, 0.717) is 22.6 Å². The topological polar surface area (TPSA) is 122 Å². The molecule has 0 unspecified atom stereocenters. The van der Waals surface area contributed by atoms with Gasteiger partial charge in [-0.15, -0.1) is 0 Å². The van der Waals surface area contributed by atoms with E-state index in [1.807, 2.05) is 6.92 Å². The minimum Gasteiger partial charge on any atom is -0.420 e. The first-order valence-electron chi connectivity index (χ1n) is 10.0. The van der Waals surface area contributed by atoms with Crippen molar-refractivity contribution in [2.24, 2.45) is 5.41 Å². The van der Waals surface area contributed by atoms with E-state index in [-0.39, 0.29) is 35.7 Å². The van der Waals surface area contributed by atoms with Crippen LogP contribution >= 0.6 is 0 Å². The Kier molecular flexibility index (Phi) is 4.69. The van der Waals surface area contributed by atoms with Crippen LogP contribution in [-0.4, -0.2) is 30.9 Å². The molecular weight excluding hydrogens is 415 g/mol. The van der Waals surface area contributed by atoms with Crippen molar-refractivity contribution in [3.05, 3.63) is 60.2 Å². The van der Waals surface area contributed by atoms with Gasteiger partial charge in [-0.05, 0) is 31.9 Å². The average Bonchev–Trinajstić information content (AvgIpc) is 3.17. The number of hydrogen-bond donors (Lipinski definition) is 1. The summed E-state index contributed by atoms with van der Waals surface area (Å²) in [5, 5.41) is 8.49. The monoisotopic (exact) mass is 434 g/mol. The summed E-state index contributed by atoms with van der Waals surface area (Å²) in [6.07, 6.45) is 4.37. The normalized spacial score (nSPS) is 14.3. The van der Waals surface area contributed by atoms with Crippen molar-refractivity contribution in [1.29, 1.82) is 0 Å². The number of rotatable bonds is 6. The highest BCUT2D eigenvalue weighted by Gasteiger charge is 2.47. The molecule has 0 amide bonds. The zero-order chi connectivity index (χ0) is 22.3. The molecule has 0 spiro atoms. The van der Waals surface area contributed by atoms with Crippen molar-refractivity contribution < 1.29 is 18.4 Å². The molecule has 32 heavy (non-hydrogen) atoms. The van der Waals surface area contributed by atoms with Crippen LogP contribution in [0.5, 0.6) is 5.75 Å². The molecule has 3 heterocycles. The Morgan fingerprint density at radius 3 is 2.78 bits per heavy atom. The summed E-state index contributed by atoms with van der Waals surface area (Å²) >= 11 is 0. The molecular formula is C22H19FN6O3. The Balaban J connectivity index is 1.48. The van der Waals surface area contributed by atoms with Gasteiger partial charge in [-0.25, -0.2) is 14.4 Å². The van der Waals surface area contributed by atoms with E-state index >= 15 is 0 Å². The number of nitrogen functional groups attached to an aromatic ring is 1. The smallest absolute Gasteiger partial charge is 0.317 e. The number of carbonyl (C=O) groups excluding carboxylic acids is 1. The van der Waals surface area contributed by atoms with Crippen molar-refractivity contribution in [1.82, 2.24) is 24.9 Å². The van der Waals surface area contributed by atoms with Gasteiger partial charge in [-0.1, -0.05) is 23.4 Å². The molecule has 1 aliphatic carbocycles. The summed E-state index contributed by atoms with van der Waals surface area (Å²) < 4.78 is 26.1. The van der Waals surface area contributed by atoms with Gasteiger partial charge in [0.05, 0.1) is 23.9 Å². The van der Waals surface area contributed by atoms with Gasteiger partial charge >= 0.3 is 5.97 Å². The summed E-state index contributed by atoms with van der Waals surface area (Å²) in [7, 11) is 0. The molecule has 4 aromatic rings. The molecule has 0 aliphatic heterocycles. The lowest BCUT2D eigenvalue weighted by Gasteiger charge is -2.10. The molecule has 5 rings (SSSR count). The highest BCUT2D eigenvalue weighted by atomic mass is 19.1. The van der Waals surface area contributed by atoms with Gasteiger partial charge in [-0.3, -0.25) is 9.48 Å². The molecule has 0 bridgehead atoms. The van der Waals surface area contributed by atoms with Gasteiger partial charge in [-0.2, -0.15) is 5.10 Å². The molecule has 1 aliphatic rings. The van der Waals surface area contributed by atoms with Gasteiger partial charge in [0.1, 0.15) is 23.5 Å². The Hall–Kier alpha value is -4.08. The van der Waals surface area contributed by atoms with E-state index in [2.05, 4.69) is 20.2 Å². The first-order chi connectivity index (χ1) is 15.4. The molecule has 162 valence electrons. The number of ether oxygens (including phenoxy) is 1. The van der Waals surface area contributed by atoms with Crippen LogP contribution in [0.3, 0.4) is 0 Å². The van der Waals surface area contributed by atoms with E-state index in [1.165, 1.54) is 18.5 Å². The summed E-state index contributed by atoms with van der Waals surface area (Å²) in [6.45, 7) is 2.01. The molecule has 1 fully saturated rings. The summed E-state index contributed by atoms with van der Waals surface area (Å²) in [5.74, 6) is -0.319. The van der Waals surface area contributed by atoms with Crippen LogP contribution < -0.4 is 10.5 Å².